The lowest BCUT2D eigenvalue weighted by Crippen LogP contribution is -2.52. The van der Waals surface area contributed by atoms with Gasteiger partial charge in [-0.25, -0.2) is 12.4 Å². The second-order valence-corrected chi connectivity index (χ2v) is 10.6. The third kappa shape index (κ3) is 2.96. The van der Waals surface area contributed by atoms with E-state index in [0.29, 0.717) is 11.6 Å². The van der Waals surface area contributed by atoms with Crippen LogP contribution in [0.4, 0.5) is 5.69 Å². The van der Waals surface area contributed by atoms with Gasteiger partial charge in [-0.1, -0.05) is 36.4 Å². The highest BCUT2D eigenvalue weighted by Gasteiger charge is 2.43. The van der Waals surface area contributed by atoms with Crippen molar-refractivity contribution in [2.45, 2.75) is 10.9 Å². The van der Waals surface area contributed by atoms with Crippen LogP contribution < -0.4 is 4.90 Å². The highest BCUT2D eigenvalue weighted by atomic mass is 32.2. The molecule has 6 rings (SSSR count). The second-order valence-electron chi connectivity index (χ2n) is 8.78. The fourth-order valence-corrected chi connectivity index (χ4v) is 6.53. The van der Waals surface area contributed by atoms with E-state index < -0.39 is 10.0 Å². The van der Waals surface area contributed by atoms with Crippen LogP contribution in [0.2, 0.25) is 0 Å². The Morgan fingerprint density at radius 3 is 2.50 bits per heavy atom. The summed E-state index contributed by atoms with van der Waals surface area (Å²) in [4.78, 5) is 9.60. The lowest BCUT2D eigenvalue weighted by molar-refractivity contribution is 0.0827. The summed E-state index contributed by atoms with van der Waals surface area (Å²) < 4.78 is 28.2. The van der Waals surface area contributed by atoms with E-state index in [1.54, 1.807) is 30.5 Å². The molecule has 2 aliphatic rings. The summed E-state index contributed by atoms with van der Waals surface area (Å²) in [6.07, 6.45) is 5.46. The number of pyridine rings is 1. The van der Waals surface area contributed by atoms with Gasteiger partial charge in [0.25, 0.3) is 10.0 Å². The molecule has 0 bridgehead atoms. The van der Waals surface area contributed by atoms with Gasteiger partial charge >= 0.3 is 0 Å². The van der Waals surface area contributed by atoms with Crippen LogP contribution in [0.25, 0.3) is 22.0 Å². The molecule has 2 aromatic heterocycles. The van der Waals surface area contributed by atoms with Crippen LogP contribution in [0.15, 0.2) is 84.1 Å². The number of hydrogen-bond donors (Lipinski definition) is 0. The summed E-state index contributed by atoms with van der Waals surface area (Å²) >= 11 is 0. The number of benzene rings is 2. The molecule has 6 nitrogen and oxygen atoms in total. The summed E-state index contributed by atoms with van der Waals surface area (Å²) in [7, 11) is -1.53. The molecule has 0 amide bonds. The Kier molecular flexibility index (Phi) is 4.38. The summed E-state index contributed by atoms with van der Waals surface area (Å²) in [6.45, 7) is 3.21. The van der Waals surface area contributed by atoms with Crippen LogP contribution in [-0.4, -0.2) is 55.0 Å². The van der Waals surface area contributed by atoms with E-state index in [0.717, 1.165) is 47.8 Å². The number of aromatic nitrogens is 2. The van der Waals surface area contributed by atoms with Gasteiger partial charge in [-0.05, 0) is 31.3 Å². The van der Waals surface area contributed by atoms with Gasteiger partial charge in [-0.15, -0.1) is 0 Å². The van der Waals surface area contributed by atoms with Crippen molar-refractivity contribution in [3.8, 4) is 11.1 Å². The van der Waals surface area contributed by atoms with Gasteiger partial charge in [-0.3, -0.25) is 4.98 Å². The zero-order chi connectivity index (χ0) is 21.9. The predicted octanol–water partition coefficient (Wildman–Crippen LogP) is 3.69. The topological polar surface area (TPSA) is 58.4 Å². The monoisotopic (exact) mass is 444 g/mol. The van der Waals surface area contributed by atoms with E-state index in [1.165, 1.54) is 3.97 Å². The molecule has 0 unspecified atom stereocenters. The summed E-state index contributed by atoms with van der Waals surface area (Å²) in [6, 6.07) is 19.0. The highest BCUT2D eigenvalue weighted by Crippen LogP contribution is 2.37. The molecule has 4 aromatic rings. The molecule has 32 heavy (non-hydrogen) atoms. The zero-order valence-corrected chi connectivity index (χ0v) is 18.6. The Morgan fingerprint density at radius 2 is 1.72 bits per heavy atom. The first-order valence-corrected chi connectivity index (χ1v) is 12.3. The number of nitrogens with zero attached hydrogens (tertiary/aromatic N) is 4. The van der Waals surface area contributed by atoms with E-state index in [2.05, 4.69) is 27.9 Å². The number of likely N-dealkylation sites (N-methyl/N-ethyl adjacent to an activating group) is 1. The first-order chi connectivity index (χ1) is 15.5. The standard InChI is InChI=1S/C25H24N4O2S/c1-27-14-19-15-28(17-25(19)27)20-11-18(12-26-13-20)23-16-29(24-10-6-5-9-22(23)24)32(30,31)21-7-3-2-4-8-21/h2-13,16,19,25H,14-15,17H2,1H3/t19-,25+/m0/s1. The van der Waals surface area contributed by atoms with Crippen molar-refractivity contribution in [3.63, 3.8) is 0 Å². The number of rotatable bonds is 4. The average Bonchev–Trinajstić information content (AvgIpc) is 3.38. The molecular weight excluding hydrogens is 420 g/mol. The van der Waals surface area contributed by atoms with Crippen molar-refractivity contribution < 1.29 is 8.42 Å². The lowest BCUT2D eigenvalue weighted by Gasteiger charge is -2.40. The molecule has 2 saturated heterocycles. The number of anilines is 1. The minimum atomic E-state index is -3.71. The lowest BCUT2D eigenvalue weighted by atomic mass is 9.93. The molecule has 2 atom stereocenters. The van der Waals surface area contributed by atoms with Crippen LogP contribution in [-0.2, 0) is 10.0 Å². The molecule has 0 spiro atoms. The van der Waals surface area contributed by atoms with Crippen molar-refractivity contribution in [2.24, 2.45) is 5.92 Å². The van der Waals surface area contributed by atoms with Gasteiger partial charge < -0.3 is 9.80 Å². The Bertz CT molecular complexity index is 1410. The first-order valence-electron chi connectivity index (χ1n) is 10.8. The smallest absolute Gasteiger partial charge is 0.268 e. The fraction of sp³-hybridized carbons (Fsp3) is 0.240. The van der Waals surface area contributed by atoms with Crippen LogP contribution in [0.3, 0.4) is 0 Å². The summed E-state index contributed by atoms with van der Waals surface area (Å²) in [5.41, 5.74) is 3.55. The van der Waals surface area contributed by atoms with E-state index >= 15 is 0 Å². The van der Waals surface area contributed by atoms with Crippen LogP contribution in [0.5, 0.6) is 0 Å². The number of likely N-dealkylation sites (tertiary alicyclic amines) is 1. The molecular formula is C25H24N4O2S. The van der Waals surface area contributed by atoms with Gasteiger partial charge in [0.2, 0.25) is 0 Å². The molecule has 2 aromatic carbocycles. The number of hydrogen-bond acceptors (Lipinski definition) is 5. The Labute approximate surface area is 187 Å². The molecule has 4 heterocycles. The van der Waals surface area contributed by atoms with Crippen LogP contribution in [0, 0.1) is 5.92 Å². The molecule has 2 fully saturated rings. The normalized spacial score (nSPS) is 21.0. The SMILES string of the molecule is CN1C[C@H]2CN(c3cncc(-c4cn(S(=O)(=O)c5ccccc5)c5ccccc45)c3)C[C@H]21. The Morgan fingerprint density at radius 1 is 0.938 bits per heavy atom. The quantitative estimate of drug-likeness (QED) is 0.481. The summed E-state index contributed by atoms with van der Waals surface area (Å²) in [5.74, 6) is 0.724. The fourth-order valence-electron chi connectivity index (χ4n) is 5.14. The maximum atomic E-state index is 13.4. The third-order valence-corrected chi connectivity index (χ3v) is 8.56. The molecule has 0 aliphatic carbocycles. The number of fused-ring (bicyclic) bond motifs is 2. The molecule has 162 valence electrons. The minimum Gasteiger partial charge on any atom is -0.368 e. The summed E-state index contributed by atoms with van der Waals surface area (Å²) in [5, 5.41) is 0.896. The van der Waals surface area contributed by atoms with Gasteiger partial charge in [0, 0.05) is 60.5 Å². The van der Waals surface area contributed by atoms with Crippen LogP contribution in [0.1, 0.15) is 0 Å². The number of para-hydroxylation sites is 1. The maximum Gasteiger partial charge on any atom is 0.268 e. The average molecular weight is 445 g/mol. The van der Waals surface area contributed by atoms with Crippen molar-refractivity contribution in [3.05, 3.63) is 79.3 Å². The van der Waals surface area contributed by atoms with E-state index in [1.807, 2.05) is 42.7 Å². The minimum absolute atomic E-state index is 0.274. The van der Waals surface area contributed by atoms with E-state index in [9.17, 15) is 8.42 Å². The van der Waals surface area contributed by atoms with Gasteiger partial charge in [-0.2, -0.15) is 0 Å². The molecule has 0 N–H and O–H groups in total. The van der Waals surface area contributed by atoms with Gasteiger partial charge in [0.05, 0.1) is 22.3 Å². The molecule has 0 saturated carbocycles. The predicted molar refractivity (Wildman–Crippen MR) is 126 cm³/mol. The van der Waals surface area contributed by atoms with Crippen molar-refractivity contribution in [1.29, 1.82) is 0 Å². The van der Waals surface area contributed by atoms with Crippen molar-refractivity contribution in [2.75, 3.05) is 31.6 Å². The van der Waals surface area contributed by atoms with Crippen molar-refractivity contribution in [1.82, 2.24) is 13.9 Å². The molecule has 2 aliphatic heterocycles. The zero-order valence-electron chi connectivity index (χ0n) is 17.8. The molecule has 0 radical (unpaired) electrons. The van der Waals surface area contributed by atoms with Gasteiger partial charge in [0.15, 0.2) is 0 Å². The third-order valence-electron chi connectivity index (χ3n) is 6.87. The van der Waals surface area contributed by atoms with E-state index in [4.69, 9.17) is 0 Å². The molecule has 7 heteroatoms. The van der Waals surface area contributed by atoms with Gasteiger partial charge in [0.1, 0.15) is 0 Å². The largest absolute Gasteiger partial charge is 0.368 e. The Balaban J connectivity index is 1.45. The van der Waals surface area contributed by atoms with Crippen molar-refractivity contribution >= 4 is 26.6 Å². The Hall–Kier alpha value is -3.16. The van der Waals surface area contributed by atoms with E-state index in [-0.39, 0.29) is 4.90 Å². The maximum absolute atomic E-state index is 13.4. The van der Waals surface area contributed by atoms with Crippen LogP contribution >= 0.6 is 0 Å². The second kappa shape index (κ2) is 7.18. The first kappa shape index (κ1) is 19.5. The highest BCUT2D eigenvalue weighted by molar-refractivity contribution is 7.90.